The van der Waals surface area contributed by atoms with Crippen LogP contribution in [0, 0.1) is 0 Å². The van der Waals surface area contributed by atoms with Crippen LogP contribution in [0.25, 0.3) is 22.2 Å². The molecule has 0 unspecified atom stereocenters. The fraction of sp³-hybridized carbons (Fsp3) is 0.400. The number of nitrogens with zero attached hydrogens (tertiary/aromatic N) is 2. The van der Waals surface area contributed by atoms with Crippen molar-refractivity contribution in [1.82, 2.24) is 9.88 Å². The summed E-state index contributed by atoms with van der Waals surface area (Å²) in [6, 6.07) is 12.8. The van der Waals surface area contributed by atoms with Gasteiger partial charge in [0, 0.05) is 23.6 Å². The molecule has 32 heavy (non-hydrogen) atoms. The highest BCUT2D eigenvalue weighted by atomic mass is 19.4. The van der Waals surface area contributed by atoms with Gasteiger partial charge in [0.1, 0.15) is 18.1 Å². The van der Waals surface area contributed by atoms with Crippen LogP contribution in [-0.4, -0.2) is 42.7 Å². The Morgan fingerprint density at radius 1 is 0.875 bits per heavy atom. The molecule has 0 N–H and O–H groups in total. The lowest BCUT2D eigenvalue weighted by Gasteiger charge is -2.19. The van der Waals surface area contributed by atoms with Crippen molar-refractivity contribution in [3.05, 3.63) is 54.1 Å². The van der Waals surface area contributed by atoms with Gasteiger partial charge in [0.2, 0.25) is 0 Å². The first kappa shape index (κ1) is 23.9. The van der Waals surface area contributed by atoms with Crippen molar-refractivity contribution in [1.29, 1.82) is 0 Å². The molecule has 0 atom stereocenters. The number of hydrogen-bond donors (Lipinski definition) is 0. The zero-order valence-corrected chi connectivity index (χ0v) is 18.7. The Hall–Kier alpha value is -2.80. The van der Waals surface area contributed by atoms with Gasteiger partial charge in [-0.05, 0) is 62.0 Å². The molecular weight excluding hydrogens is 417 g/mol. The SMILES string of the molecule is CCCOc1ccc(-c2cc(OCCN(CC)CC)c3cc(C(F)(F)F)ccc3n2)cc1. The van der Waals surface area contributed by atoms with Gasteiger partial charge < -0.3 is 14.4 Å². The molecular formula is C25H29F3N2O2. The number of aromatic nitrogens is 1. The molecule has 7 heteroatoms. The minimum atomic E-state index is -4.43. The third kappa shape index (κ3) is 5.91. The second kappa shape index (κ2) is 10.7. The smallest absolute Gasteiger partial charge is 0.416 e. The number of hydrogen-bond acceptors (Lipinski definition) is 4. The molecule has 2 aromatic carbocycles. The zero-order valence-electron chi connectivity index (χ0n) is 18.7. The summed E-state index contributed by atoms with van der Waals surface area (Å²) >= 11 is 0. The maximum absolute atomic E-state index is 13.3. The number of benzene rings is 2. The Morgan fingerprint density at radius 2 is 1.59 bits per heavy atom. The van der Waals surface area contributed by atoms with Crippen molar-refractivity contribution >= 4 is 10.9 Å². The molecule has 0 saturated carbocycles. The minimum absolute atomic E-state index is 0.353. The monoisotopic (exact) mass is 446 g/mol. The van der Waals surface area contributed by atoms with E-state index in [1.165, 1.54) is 6.07 Å². The van der Waals surface area contributed by atoms with Gasteiger partial charge in [-0.3, -0.25) is 0 Å². The molecule has 3 aromatic rings. The molecule has 0 amide bonds. The molecule has 0 fully saturated rings. The van der Waals surface area contributed by atoms with E-state index in [-0.39, 0.29) is 0 Å². The third-order valence-corrected chi connectivity index (χ3v) is 5.28. The average molecular weight is 447 g/mol. The van der Waals surface area contributed by atoms with Crippen molar-refractivity contribution < 1.29 is 22.6 Å². The highest BCUT2D eigenvalue weighted by molar-refractivity contribution is 5.88. The summed E-state index contributed by atoms with van der Waals surface area (Å²) in [6.07, 6.45) is -3.51. The molecule has 0 bridgehead atoms. The molecule has 3 rings (SSSR count). The predicted octanol–water partition coefficient (Wildman–Crippen LogP) is 6.43. The van der Waals surface area contributed by atoms with Crippen LogP contribution in [-0.2, 0) is 6.18 Å². The summed E-state index contributed by atoms with van der Waals surface area (Å²) in [5.74, 6) is 1.16. The standard InChI is InChI=1S/C25H29F3N2O2/c1-4-14-31-20-10-7-18(8-11-20)23-17-24(32-15-13-30(5-2)6-3)21-16-19(25(26,27)28)9-12-22(21)29-23/h7-12,16-17H,4-6,13-15H2,1-3H3. The molecule has 0 aliphatic heterocycles. The van der Waals surface area contributed by atoms with Crippen molar-refractivity contribution in [2.24, 2.45) is 0 Å². The highest BCUT2D eigenvalue weighted by Gasteiger charge is 2.31. The molecule has 172 valence electrons. The number of rotatable bonds is 10. The van der Waals surface area contributed by atoms with E-state index in [0.29, 0.717) is 42.1 Å². The first-order chi connectivity index (χ1) is 15.4. The Morgan fingerprint density at radius 3 is 2.22 bits per heavy atom. The lowest BCUT2D eigenvalue weighted by molar-refractivity contribution is -0.137. The van der Waals surface area contributed by atoms with Crippen LogP contribution in [0.15, 0.2) is 48.5 Å². The van der Waals surface area contributed by atoms with Crippen LogP contribution in [0.1, 0.15) is 32.8 Å². The van der Waals surface area contributed by atoms with E-state index in [4.69, 9.17) is 9.47 Å². The van der Waals surface area contributed by atoms with E-state index < -0.39 is 11.7 Å². The average Bonchev–Trinajstić information content (AvgIpc) is 2.79. The van der Waals surface area contributed by atoms with Crippen LogP contribution < -0.4 is 9.47 Å². The van der Waals surface area contributed by atoms with Crippen molar-refractivity contribution in [3.8, 4) is 22.8 Å². The topological polar surface area (TPSA) is 34.6 Å². The van der Waals surface area contributed by atoms with Gasteiger partial charge in [0.25, 0.3) is 0 Å². The van der Waals surface area contributed by atoms with Gasteiger partial charge in [-0.2, -0.15) is 13.2 Å². The second-order valence-electron chi connectivity index (χ2n) is 7.48. The molecule has 0 spiro atoms. The minimum Gasteiger partial charge on any atom is -0.494 e. The summed E-state index contributed by atoms with van der Waals surface area (Å²) < 4.78 is 51.5. The molecule has 1 aromatic heterocycles. The van der Waals surface area contributed by atoms with Gasteiger partial charge in [0.05, 0.1) is 23.4 Å². The van der Waals surface area contributed by atoms with E-state index in [9.17, 15) is 13.2 Å². The van der Waals surface area contributed by atoms with Crippen molar-refractivity contribution in [2.45, 2.75) is 33.4 Å². The lowest BCUT2D eigenvalue weighted by atomic mass is 10.1. The van der Waals surface area contributed by atoms with Crippen LogP contribution in [0.2, 0.25) is 0 Å². The van der Waals surface area contributed by atoms with Gasteiger partial charge in [-0.25, -0.2) is 4.98 Å². The summed E-state index contributed by atoms with van der Waals surface area (Å²) in [5.41, 5.74) is 1.21. The zero-order chi connectivity index (χ0) is 23.1. The van der Waals surface area contributed by atoms with Crippen LogP contribution >= 0.6 is 0 Å². The van der Waals surface area contributed by atoms with Crippen LogP contribution in [0.4, 0.5) is 13.2 Å². The van der Waals surface area contributed by atoms with Gasteiger partial charge in [-0.1, -0.05) is 20.8 Å². The maximum Gasteiger partial charge on any atom is 0.416 e. The number of likely N-dealkylation sites (N-methyl/N-ethyl adjacent to an activating group) is 1. The summed E-state index contributed by atoms with van der Waals surface area (Å²) in [6.45, 7) is 9.63. The van der Waals surface area contributed by atoms with Crippen LogP contribution in [0.3, 0.4) is 0 Å². The van der Waals surface area contributed by atoms with Crippen molar-refractivity contribution in [3.63, 3.8) is 0 Å². The first-order valence-electron chi connectivity index (χ1n) is 11.0. The number of halogens is 3. The third-order valence-electron chi connectivity index (χ3n) is 5.28. The number of fused-ring (bicyclic) bond motifs is 1. The quantitative estimate of drug-likeness (QED) is 0.359. The summed E-state index contributed by atoms with van der Waals surface area (Å²) in [7, 11) is 0. The van der Waals surface area contributed by atoms with Gasteiger partial charge in [0.15, 0.2) is 0 Å². The fourth-order valence-corrected chi connectivity index (χ4v) is 3.40. The number of alkyl halides is 3. The molecule has 0 aliphatic carbocycles. The lowest BCUT2D eigenvalue weighted by Crippen LogP contribution is -2.27. The van der Waals surface area contributed by atoms with E-state index in [1.807, 2.05) is 31.2 Å². The van der Waals surface area contributed by atoms with Crippen LogP contribution in [0.5, 0.6) is 11.5 Å². The van der Waals surface area contributed by atoms with Gasteiger partial charge in [-0.15, -0.1) is 0 Å². The Kier molecular flexibility index (Phi) is 7.96. The Labute approximate surface area is 187 Å². The molecule has 0 aliphatic rings. The molecule has 0 saturated heterocycles. The van der Waals surface area contributed by atoms with E-state index >= 15 is 0 Å². The van der Waals surface area contributed by atoms with E-state index in [0.717, 1.165) is 43.0 Å². The fourth-order valence-electron chi connectivity index (χ4n) is 3.40. The Bertz CT molecular complexity index is 1020. The predicted molar refractivity (Wildman–Crippen MR) is 121 cm³/mol. The molecule has 4 nitrogen and oxygen atoms in total. The molecule has 1 heterocycles. The normalized spacial score (nSPS) is 11.8. The summed E-state index contributed by atoms with van der Waals surface area (Å²) in [4.78, 5) is 6.79. The maximum atomic E-state index is 13.3. The van der Waals surface area contributed by atoms with Gasteiger partial charge >= 0.3 is 6.18 Å². The second-order valence-corrected chi connectivity index (χ2v) is 7.48. The van der Waals surface area contributed by atoms with E-state index in [2.05, 4.69) is 23.7 Å². The van der Waals surface area contributed by atoms with E-state index in [1.54, 1.807) is 6.07 Å². The number of pyridine rings is 1. The summed E-state index contributed by atoms with van der Waals surface area (Å²) in [5, 5.41) is 0.353. The number of ether oxygens (including phenoxy) is 2. The molecule has 0 radical (unpaired) electrons. The van der Waals surface area contributed by atoms with Crippen molar-refractivity contribution in [2.75, 3.05) is 32.8 Å². The largest absolute Gasteiger partial charge is 0.494 e. The highest BCUT2D eigenvalue weighted by Crippen LogP contribution is 2.36. The Balaban J connectivity index is 1.97. The first-order valence-corrected chi connectivity index (χ1v) is 11.0.